The maximum atomic E-state index is 12.2. The maximum absolute atomic E-state index is 12.2. The summed E-state index contributed by atoms with van der Waals surface area (Å²) in [5.74, 6) is -1.07. The van der Waals surface area contributed by atoms with Gasteiger partial charge in [-0.1, -0.05) is 31.9 Å². The van der Waals surface area contributed by atoms with E-state index in [0.717, 1.165) is 8.95 Å². The molecular weight excluding hydrogens is 366 g/mol. The molecule has 1 aromatic carbocycles. The van der Waals surface area contributed by atoms with Crippen molar-refractivity contribution < 1.29 is 14.7 Å². The molecule has 0 unspecified atom stereocenters. The summed E-state index contributed by atoms with van der Waals surface area (Å²) in [6.07, 6.45) is -0.0469. The molecule has 0 spiro atoms. The Morgan fingerprint density at radius 3 is 2.22 bits per heavy atom. The fraction of sp³-hybridized carbons (Fsp3) is 0.333. The predicted molar refractivity (Wildman–Crippen MR) is 75.7 cm³/mol. The van der Waals surface area contributed by atoms with Gasteiger partial charge in [-0.25, -0.2) is 0 Å². The summed E-state index contributed by atoms with van der Waals surface area (Å²) in [4.78, 5) is 24.2. The van der Waals surface area contributed by atoms with Gasteiger partial charge in [0.25, 0.3) is 5.91 Å². The molecule has 0 aliphatic heterocycles. The van der Waals surface area contributed by atoms with Crippen molar-refractivity contribution in [1.29, 1.82) is 0 Å². The lowest BCUT2D eigenvalue weighted by Crippen LogP contribution is -2.32. The van der Waals surface area contributed by atoms with E-state index in [1.807, 2.05) is 13.0 Å². The zero-order valence-corrected chi connectivity index (χ0v) is 13.0. The van der Waals surface area contributed by atoms with Crippen molar-refractivity contribution >= 4 is 43.7 Å². The molecule has 1 rings (SSSR count). The van der Waals surface area contributed by atoms with E-state index < -0.39 is 5.97 Å². The number of rotatable bonds is 5. The van der Waals surface area contributed by atoms with Crippen molar-refractivity contribution in [3.63, 3.8) is 0 Å². The number of carboxylic acids is 1. The van der Waals surface area contributed by atoms with Gasteiger partial charge < -0.3 is 10.0 Å². The van der Waals surface area contributed by atoms with E-state index in [1.165, 1.54) is 4.90 Å². The Morgan fingerprint density at radius 1 is 1.22 bits per heavy atom. The Hall–Kier alpha value is -0.880. The van der Waals surface area contributed by atoms with Crippen molar-refractivity contribution in [2.24, 2.45) is 0 Å². The van der Waals surface area contributed by atoms with Crippen LogP contribution >= 0.6 is 31.9 Å². The Labute approximate surface area is 122 Å². The van der Waals surface area contributed by atoms with Crippen molar-refractivity contribution in [2.45, 2.75) is 13.3 Å². The first-order valence-corrected chi connectivity index (χ1v) is 6.99. The van der Waals surface area contributed by atoms with Crippen LogP contribution in [-0.2, 0) is 4.79 Å². The second kappa shape index (κ2) is 6.89. The van der Waals surface area contributed by atoms with Crippen LogP contribution in [0.1, 0.15) is 23.7 Å². The van der Waals surface area contributed by atoms with Gasteiger partial charge in [-0.05, 0) is 25.1 Å². The lowest BCUT2D eigenvalue weighted by molar-refractivity contribution is -0.137. The Balaban J connectivity index is 2.85. The summed E-state index contributed by atoms with van der Waals surface area (Å²) in [6, 6.07) is 5.28. The van der Waals surface area contributed by atoms with Crippen LogP contribution in [0.2, 0.25) is 0 Å². The largest absolute Gasteiger partial charge is 0.481 e. The number of aliphatic carboxylic acids is 1. The molecule has 0 bridgehead atoms. The Bertz CT molecular complexity index is 442. The fourth-order valence-corrected chi connectivity index (χ4v) is 2.79. The number of carboxylic acid groups (broad SMARTS) is 1. The van der Waals surface area contributed by atoms with Crippen LogP contribution in [0, 0.1) is 0 Å². The first-order chi connectivity index (χ1) is 8.43. The molecule has 0 aliphatic rings. The van der Waals surface area contributed by atoms with Crippen molar-refractivity contribution in [3.8, 4) is 0 Å². The van der Waals surface area contributed by atoms with Gasteiger partial charge in [0.2, 0.25) is 0 Å². The molecule has 0 aromatic heterocycles. The highest BCUT2D eigenvalue weighted by molar-refractivity contribution is 9.11. The highest BCUT2D eigenvalue weighted by Gasteiger charge is 2.16. The zero-order chi connectivity index (χ0) is 13.7. The number of hydrogen-bond donors (Lipinski definition) is 1. The monoisotopic (exact) mass is 377 g/mol. The minimum absolute atomic E-state index is 0.0469. The van der Waals surface area contributed by atoms with E-state index in [0.29, 0.717) is 12.1 Å². The van der Waals surface area contributed by atoms with Gasteiger partial charge >= 0.3 is 5.97 Å². The van der Waals surface area contributed by atoms with Gasteiger partial charge in [-0.15, -0.1) is 0 Å². The normalized spacial score (nSPS) is 10.2. The first-order valence-electron chi connectivity index (χ1n) is 5.41. The molecule has 18 heavy (non-hydrogen) atoms. The number of carbonyl (C=O) groups excluding carboxylic acids is 1. The molecule has 0 atom stereocenters. The second-order valence-corrected chi connectivity index (χ2v) is 5.52. The topological polar surface area (TPSA) is 57.6 Å². The Kier molecular flexibility index (Phi) is 5.81. The van der Waals surface area contributed by atoms with Crippen LogP contribution < -0.4 is 0 Å². The van der Waals surface area contributed by atoms with Crippen LogP contribution in [0.4, 0.5) is 0 Å². The van der Waals surface area contributed by atoms with Gasteiger partial charge in [0.15, 0.2) is 0 Å². The van der Waals surface area contributed by atoms with Crippen molar-refractivity contribution in [1.82, 2.24) is 4.90 Å². The summed E-state index contributed by atoms with van der Waals surface area (Å²) < 4.78 is 1.60. The highest BCUT2D eigenvalue weighted by atomic mass is 79.9. The smallest absolute Gasteiger partial charge is 0.305 e. The first kappa shape index (κ1) is 15.2. The van der Waals surface area contributed by atoms with Crippen LogP contribution in [-0.4, -0.2) is 35.0 Å². The van der Waals surface area contributed by atoms with Gasteiger partial charge in [-0.3, -0.25) is 9.59 Å². The van der Waals surface area contributed by atoms with Gasteiger partial charge in [-0.2, -0.15) is 0 Å². The molecule has 0 saturated carbocycles. The predicted octanol–water partition coefficient (Wildman–Crippen LogP) is 3.15. The number of carbonyl (C=O) groups is 2. The molecule has 0 saturated heterocycles. The quantitative estimate of drug-likeness (QED) is 0.856. The number of nitrogens with zero attached hydrogens (tertiary/aromatic N) is 1. The SMILES string of the molecule is CCN(CCC(=O)O)C(=O)c1cc(Br)cc(Br)c1. The molecule has 1 N–H and O–H groups in total. The highest BCUT2D eigenvalue weighted by Crippen LogP contribution is 2.21. The van der Waals surface area contributed by atoms with E-state index >= 15 is 0 Å². The van der Waals surface area contributed by atoms with Gasteiger partial charge in [0.05, 0.1) is 6.42 Å². The van der Waals surface area contributed by atoms with Crippen LogP contribution in [0.5, 0.6) is 0 Å². The molecule has 1 aromatic rings. The van der Waals surface area contributed by atoms with Crippen molar-refractivity contribution in [3.05, 3.63) is 32.7 Å². The van der Waals surface area contributed by atoms with Crippen LogP contribution in [0.15, 0.2) is 27.1 Å². The average molecular weight is 379 g/mol. The lowest BCUT2D eigenvalue weighted by Gasteiger charge is -2.20. The number of benzene rings is 1. The molecule has 0 radical (unpaired) electrons. The van der Waals surface area contributed by atoms with Crippen molar-refractivity contribution in [2.75, 3.05) is 13.1 Å². The summed E-state index contributed by atoms with van der Waals surface area (Å²) in [7, 11) is 0. The summed E-state index contributed by atoms with van der Waals surface area (Å²) in [5.41, 5.74) is 0.531. The minimum Gasteiger partial charge on any atom is -0.481 e. The molecular formula is C12H13Br2NO3. The molecule has 6 heteroatoms. The maximum Gasteiger partial charge on any atom is 0.305 e. The molecule has 0 fully saturated rings. The number of amides is 1. The number of hydrogen-bond acceptors (Lipinski definition) is 2. The van der Waals surface area contributed by atoms with Gasteiger partial charge in [0.1, 0.15) is 0 Å². The zero-order valence-electron chi connectivity index (χ0n) is 9.82. The van der Waals surface area contributed by atoms with E-state index in [4.69, 9.17) is 5.11 Å². The standard InChI is InChI=1S/C12H13Br2NO3/c1-2-15(4-3-11(16)17)12(18)8-5-9(13)7-10(14)6-8/h5-7H,2-4H2,1H3,(H,16,17). The molecule has 0 aliphatic carbocycles. The summed E-state index contributed by atoms with van der Waals surface area (Å²) in [6.45, 7) is 2.53. The number of halogens is 2. The van der Waals surface area contributed by atoms with E-state index in [9.17, 15) is 9.59 Å². The van der Waals surface area contributed by atoms with Crippen LogP contribution in [0.25, 0.3) is 0 Å². The van der Waals surface area contributed by atoms with E-state index in [2.05, 4.69) is 31.9 Å². The molecule has 1 amide bonds. The Morgan fingerprint density at radius 2 is 1.78 bits per heavy atom. The van der Waals surface area contributed by atoms with E-state index in [-0.39, 0.29) is 18.9 Å². The second-order valence-electron chi connectivity index (χ2n) is 3.69. The summed E-state index contributed by atoms with van der Waals surface area (Å²) >= 11 is 6.64. The third kappa shape index (κ3) is 4.42. The third-order valence-corrected chi connectivity index (χ3v) is 3.29. The molecule has 98 valence electrons. The molecule has 0 heterocycles. The summed E-state index contributed by atoms with van der Waals surface area (Å²) in [5, 5.41) is 8.65. The van der Waals surface area contributed by atoms with Gasteiger partial charge in [0, 0.05) is 27.6 Å². The lowest BCUT2D eigenvalue weighted by atomic mass is 10.2. The average Bonchev–Trinajstić information content (AvgIpc) is 2.27. The van der Waals surface area contributed by atoms with E-state index in [1.54, 1.807) is 12.1 Å². The van der Waals surface area contributed by atoms with Crippen LogP contribution in [0.3, 0.4) is 0 Å². The molecule has 4 nitrogen and oxygen atoms in total. The third-order valence-electron chi connectivity index (χ3n) is 2.37. The minimum atomic E-state index is -0.906. The fourth-order valence-electron chi connectivity index (χ4n) is 1.49.